The Hall–Kier alpha value is -0.750. The first-order chi connectivity index (χ1) is 7.03. The van der Waals surface area contributed by atoms with Crippen molar-refractivity contribution < 1.29 is 12.6 Å². The van der Waals surface area contributed by atoms with Crippen molar-refractivity contribution in [1.29, 1.82) is 0 Å². The van der Waals surface area contributed by atoms with Crippen molar-refractivity contribution in [1.82, 2.24) is 9.80 Å². The van der Waals surface area contributed by atoms with Crippen LogP contribution >= 0.6 is 0 Å². The molecule has 5 nitrogen and oxygen atoms in total. The third kappa shape index (κ3) is 4.53. The number of hydrogen-bond acceptors (Lipinski definition) is 5. The lowest BCUT2D eigenvalue weighted by molar-refractivity contribution is 0.293. The molecule has 0 aromatic heterocycles. The smallest absolute Gasteiger partial charge is 0.267 e. The summed E-state index contributed by atoms with van der Waals surface area (Å²) in [4.78, 5) is 4.23. The van der Waals surface area contributed by atoms with Crippen LogP contribution in [0.1, 0.15) is 12.8 Å². The van der Waals surface area contributed by atoms with Crippen molar-refractivity contribution in [3.8, 4) is 0 Å². The number of unbranched alkanes of at least 4 members (excludes halogenated alkanes) is 1. The number of nitrogens with zero attached hydrogens (tertiary/aromatic N) is 2. The van der Waals surface area contributed by atoms with Crippen LogP contribution in [0.2, 0.25) is 0 Å². The predicted octanol–water partition coefficient (Wildman–Crippen LogP) is 0.419. The zero-order valence-electron chi connectivity index (χ0n) is 9.22. The fourth-order valence-electron chi connectivity index (χ4n) is 1.41. The Kier molecular flexibility index (Phi) is 4.41. The summed E-state index contributed by atoms with van der Waals surface area (Å²) in [6.45, 7) is 1.77. The third-order valence-electron chi connectivity index (χ3n) is 2.28. The second-order valence-corrected chi connectivity index (χ2v) is 5.50. The molecule has 0 amide bonds. The van der Waals surface area contributed by atoms with Gasteiger partial charge in [-0.2, -0.15) is 8.42 Å². The summed E-state index contributed by atoms with van der Waals surface area (Å²) in [5.74, 6) is 0.108. The van der Waals surface area contributed by atoms with Gasteiger partial charge in [-0.3, -0.25) is 4.18 Å². The normalized spacial score (nSPS) is 16.4. The summed E-state index contributed by atoms with van der Waals surface area (Å²) in [5.41, 5.74) is 0. The van der Waals surface area contributed by atoms with E-state index in [4.69, 9.17) is 0 Å². The summed E-state index contributed by atoms with van der Waals surface area (Å²) in [6.07, 6.45) is 5.53. The Morgan fingerprint density at radius 3 is 2.60 bits per heavy atom. The molecule has 6 heteroatoms. The lowest BCUT2D eigenvalue weighted by Crippen LogP contribution is -2.23. The first-order valence-corrected chi connectivity index (χ1v) is 6.52. The van der Waals surface area contributed by atoms with Crippen LogP contribution in [0.3, 0.4) is 0 Å². The molecule has 0 N–H and O–H groups in total. The molecule has 0 fully saturated rings. The van der Waals surface area contributed by atoms with Crippen LogP contribution in [-0.2, 0) is 14.3 Å². The van der Waals surface area contributed by atoms with Gasteiger partial charge in [0.2, 0.25) is 0 Å². The Labute approximate surface area is 91.4 Å². The molecule has 0 spiro atoms. The molecule has 0 aromatic carbocycles. The van der Waals surface area contributed by atoms with E-state index in [1.165, 1.54) is 7.11 Å². The van der Waals surface area contributed by atoms with Gasteiger partial charge in [0.1, 0.15) is 0 Å². The zero-order valence-corrected chi connectivity index (χ0v) is 10.0. The average molecular weight is 234 g/mol. The summed E-state index contributed by atoms with van der Waals surface area (Å²) in [5, 5.41) is 0. The fraction of sp³-hybridized carbons (Fsp3) is 0.778. The number of rotatable bonds is 6. The minimum atomic E-state index is -3.27. The second kappa shape index (κ2) is 5.37. The highest BCUT2D eigenvalue weighted by Crippen LogP contribution is 2.06. The van der Waals surface area contributed by atoms with Gasteiger partial charge in [-0.1, -0.05) is 0 Å². The molecule has 0 saturated carbocycles. The van der Waals surface area contributed by atoms with Crippen molar-refractivity contribution in [2.45, 2.75) is 12.8 Å². The highest BCUT2D eigenvalue weighted by atomic mass is 32.2. The Morgan fingerprint density at radius 1 is 1.33 bits per heavy atom. The lowest BCUT2D eigenvalue weighted by Gasteiger charge is -2.17. The van der Waals surface area contributed by atoms with Gasteiger partial charge in [0.05, 0.1) is 19.5 Å². The van der Waals surface area contributed by atoms with Gasteiger partial charge in [-0.25, -0.2) is 0 Å². The average Bonchev–Trinajstić information content (AvgIpc) is 2.59. The first kappa shape index (κ1) is 12.3. The highest BCUT2D eigenvalue weighted by Gasteiger charge is 2.10. The Morgan fingerprint density at radius 2 is 2.07 bits per heavy atom. The third-order valence-corrected chi connectivity index (χ3v) is 3.58. The van der Waals surface area contributed by atoms with Crippen LogP contribution in [0.4, 0.5) is 0 Å². The van der Waals surface area contributed by atoms with Gasteiger partial charge in [0.15, 0.2) is 0 Å². The van der Waals surface area contributed by atoms with Crippen molar-refractivity contribution in [3.05, 3.63) is 12.4 Å². The van der Waals surface area contributed by atoms with E-state index in [9.17, 15) is 8.42 Å². The van der Waals surface area contributed by atoms with Gasteiger partial charge >= 0.3 is 0 Å². The molecule has 0 saturated heterocycles. The van der Waals surface area contributed by atoms with E-state index in [1.807, 2.05) is 19.4 Å². The van der Waals surface area contributed by atoms with Crippen LogP contribution < -0.4 is 0 Å². The van der Waals surface area contributed by atoms with Crippen LogP contribution in [-0.4, -0.2) is 51.3 Å². The second-order valence-electron chi connectivity index (χ2n) is 3.64. The maximum atomic E-state index is 11.0. The predicted molar refractivity (Wildman–Crippen MR) is 58.5 cm³/mol. The van der Waals surface area contributed by atoms with Gasteiger partial charge in [0.25, 0.3) is 10.1 Å². The molecule has 1 rings (SSSR count). The number of hydrogen-bond donors (Lipinski definition) is 0. The molecule has 15 heavy (non-hydrogen) atoms. The Bertz CT molecular complexity index is 313. The van der Waals surface area contributed by atoms with Crippen LogP contribution in [0.5, 0.6) is 0 Å². The van der Waals surface area contributed by atoms with Crippen molar-refractivity contribution in [2.75, 3.05) is 33.1 Å². The summed E-state index contributed by atoms with van der Waals surface area (Å²) >= 11 is 0. The lowest BCUT2D eigenvalue weighted by atomic mass is 10.3. The molecule has 0 radical (unpaired) electrons. The molecule has 0 aromatic rings. The molecule has 0 aliphatic carbocycles. The maximum Gasteiger partial charge on any atom is 0.267 e. The van der Waals surface area contributed by atoms with E-state index in [-0.39, 0.29) is 5.75 Å². The first-order valence-electron chi connectivity index (χ1n) is 4.94. The molecule has 0 atom stereocenters. The molecule has 88 valence electrons. The standard InChI is InChI=1S/C9H18N2O3S/c1-10-6-7-11(9-10)5-3-4-8-15(12,13)14-2/h6-7H,3-5,8-9H2,1-2H3. The molecule has 1 aliphatic heterocycles. The van der Waals surface area contributed by atoms with Crippen LogP contribution in [0.15, 0.2) is 12.4 Å². The minimum absolute atomic E-state index is 0.108. The molecule has 1 heterocycles. The molecular formula is C9H18N2O3S. The zero-order chi connectivity index (χ0) is 11.3. The van der Waals surface area contributed by atoms with Crippen molar-refractivity contribution in [2.24, 2.45) is 0 Å². The topological polar surface area (TPSA) is 49.9 Å². The molecular weight excluding hydrogens is 216 g/mol. The quantitative estimate of drug-likeness (QED) is 0.492. The highest BCUT2D eigenvalue weighted by molar-refractivity contribution is 7.86. The van der Waals surface area contributed by atoms with E-state index in [0.717, 1.165) is 19.6 Å². The SMILES string of the molecule is COS(=O)(=O)CCCCN1C=CN(C)C1. The van der Waals surface area contributed by atoms with E-state index in [0.29, 0.717) is 6.42 Å². The minimum Gasteiger partial charge on any atom is -0.362 e. The van der Waals surface area contributed by atoms with E-state index < -0.39 is 10.1 Å². The van der Waals surface area contributed by atoms with Crippen molar-refractivity contribution >= 4 is 10.1 Å². The van der Waals surface area contributed by atoms with E-state index in [2.05, 4.69) is 14.0 Å². The fourth-order valence-corrected chi connectivity index (χ4v) is 2.14. The Balaban J connectivity index is 2.10. The molecule has 1 aliphatic rings. The van der Waals surface area contributed by atoms with E-state index >= 15 is 0 Å². The van der Waals surface area contributed by atoms with E-state index in [1.54, 1.807) is 0 Å². The summed E-state index contributed by atoms with van der Waals surface area (Å²) < 4.78 is 26.3. The molecule has 0 bridgehead atoms. The largest absolute Gasteiger partial charge is 0.362 e. The van der Waals surface area contributed by atoms with Gasteiger partial charge in [0, 0.05) is 26.0 Å². The maximum absolute atomic E-state index is 11.0. The van der Waals surface area contributed by atoms with Crippen LogP contribution in [0, 0.1) is 0 Å². The summed E-state index contributed by atoms with van der Waals surface area (Å²) in [6, 6.07) is 0. The van der Waals surface area contributed by atoms with Crippen molar-refractivity contribution in [3.63, 3.8) is 0 Å². The molecule has 0 unspecified atom stereocenters. The van der Waals surface area contributed by atoms with Crippen LogP contribution in [0.25, 0.3) is 0 Å². The van der Waals surface area contributed by atoms with Gasteiger partial charge < -0.3 is 9.80 Å². The van der Waals surface area contributed by atoms with Gasteiger partial charge in [-0.05, 0) is 12.8 Å². The monoisotopic (exact) mass is 234 g/mol. The van der Waals surface area contributed by atoms with Gasteiger partial charge in [-0.15, -0.1) is 0 Å². The summed E-state index contributed by atoms with van der Waals surface area (Å²) in [7, 11) is -0.0653.